The molecular weight excluding hydrogens is 754 g/mol. The number of rotatable bonds is 29. The van der Waals surface area contributed by atoms with E-state index in [4.69, 9.17) is 33.6 Å². The van der Waals surface area contributed by atoms with E-state index in [0.717, 1.165) is 37.0 Å². The lowest BCUT2D eigenvalue weighted by molar-refractivity contribution is -0.167. The number of nitrogens with one attached hydrogen (secondary N) is 1. The van der Waals surface area contributed by atoms with Crippen molar-refractivity contribution in [2.75, 3.05) is 59.5 Å². The Morgan fingerprint density at radius 3 is 2.14 bits per heavy atom. The lowest BCUT2D eigenvalue weighted by Gasteiger charge is -2.56. The molecule has 16 nitrogen and oxygen atoms in total. The van der Waals surface area contributed by atoms with Crippen molar-refractivity contribution in [3.8, 4) is 0 Å². The summed E-state index contributed by atoms with van der Waals surface area (Å²) in [5.74, 6) is -3.66. The maximum Gasteiger partial charge on any atom is 0.358 e. The van der Waals surface area contributed by atoms with Gasteiger partial charge in [0, 0.05) is 6.61 Å². The van der Waals surface area contributed by atoms with Crippen LogP contribution in [0.5, 0.6) is 0 Å². The van der Waals surface area contributed by atoms with Gasteiger partial charge in [-0.05, 0) is 104 Å². The van der Waals surface area contributed by atoms with E-state index in [-0.39, 0.29) is 52.0 Å². The van der Waals surface area contributed by atoms with Crippen molar-refractivity contribution in [1.29, 1.82) is 0 Å². The second-order valence-electron chi connectivity index (χ2n) is 16.9. The van der Waals surface area contributed by atoms with E-state index in [9.17, 15) is 32.7 Å². The minimum absolute atomic E-state index is 0.0681. The molecule has 0 aliphatic heterocycles. The van der Waals surface area contributed by atoms with Crippen LogP contribution < -0.4 is 4.89 Å². The van der Waals surface area contributed by atoms with Gasteiger partial charge in [-0.2, -0.15) is 8.42 Å². The van der Waals surface area contributed by atoms with E-state index in [1.165, 1.54) is 18.9 Å². The highest BCUT2D eigenvalue weighted by Crippen LogP contribution is 2.59. The molecule has 0 radical (unpaired) electrons. The molecule has 2 bridgehead atoms. The Balaban J connectivity index is 2.09. The van der Waals surface area contributed by atoms with E-state index in [2.05, 4.69) is 24.1 Å². The Labute approximate surface area is 332 Å². The van der Waals surface area contributed by atoms with Gasteiger partial charge in [0.25, 0.3) is 0 Å². The number of carbonyl (C=O) groups excluding carboxylic acids is 3. The Kier molecular flexibility index (Phi) is 19.4. The molecule has 0 aromatic rings. The lowest BCUT2D eigenvalue weighted by Crippen LogP contribution is -2.48. The molecule has 0 saturated heterocycles. The first-order valence-electron chi connectivity index (χ1n) is 19.6. The van der Waals surface area contributed by atoms with Crippen LogP contribution in [0.2, 0.25) is 0 Å². The van der Waals surface area contributed by atoms with Crippen LogP contribution in [0, 0.1) is 39.4 Å². The summed E-state index contributed by atoms with van der Waals surface area (Å²) in [5, 5.41) is 18.9. The largest absolute Gasteiger partial charge is 0.481 e. The third-order valence-electron chi connectivity index (χ3n) is 11.1. The molecule has 0 aromatic heterocycles. The lowest BCUT2D eigenvalue weighted by atomic mass is 9.48. The van der Waals surface area contributed by atoms with Gasteiger partial charge in [-0.1, -0.05) is 37.3 Å². The fraction of sp³-hybridized carbons (Fsp3) is 0.846. The van der Waals surface area contributed by atoms with E-state index < -0.39 is 69.4 Å². The molecule has 0 aromatic carbocycles. The minimum atomic E-state index is -4.71. The molecule has 1 saturated carbocycles. The number of carboxylic acid groups (broad SMARTS) is 1. The number of hydrogen-bond acceptors (Lipinski definition) is 14. The van der Waals surface area contributed by atoms with Gasteiger partial charge in [0.2, 0.25) is 0 Å². The number of allylic oxidation sites excluding steroid dienone is 1. The minimum Gasteiger partial charge on any atom is -0.481 e. The van der Waals surface area contributed by atoms with Crippen molar-refractivity contribution >= 4 is 34.2 Å². The van der Waals surface area contributed by atoms with Crippen molar-refractivity contribution in [1.82, 2.24) is 4.89 Å². The maximum atomic E-state index is 13.8. The average Bonchev–Trinajstić information content (AvgIpc) is 3.13. The third kappa shape index (κ3) is 14.6. The normalized spacial score (nSPS) is 21.0. The summed E-state index contributed by atoms with van der Waals surface area (Å²) in [4.78, 5) is 54.0. The van der Waals surface area contributed by atoms with Gasteiger partial charge in [-0.25, -0.2) is 0 Å². The summed E-state index contributed by atoms with van der Waals surface area (Å²) in [6, 6.07) is 0. The summed E-state index contributed by atoms with van der Waals surface area (Å²) in [5.41, 5.74) is -3.06. The highest BCUT2D eigenvalue weighted by molar-refractivity contribution is 7.84. The molecule has 324 valence electrons. The average molecular weight is 822 g/mol. The van der Waals surface area contributed by atoms with E-state index in [0.29, 0.717) is 31.2 Å². The Bertz CT molecular complexity index is 1450. The Hall–Kier alpha value is -2.67. The number of carboxylic acids is 1. The van der Waals surface area contributed by atoms with Crippen LogP contribution in [0.25, 0.3) is 0 Å². The molecule has 56 heavy (non-hydrogen) atoms. The zero-order chi connectivity index (χ0) is 42.4. The van der Waals surface area contributed by atoms with Gasteiger partial charge in [-0.15, -0.1) is 0 Å². The number of carbonyl (C=O) groups is 4. The van der Waals surface area contributed by atoms with Gasteiger partial charge in [0.1, 0.15) is 13.2 Å². The highest BCUT2D eigenvalue weighted by Gasteiger charge is 2.51. The molecule has 17 heteroatoms. The Morgan fingerprint density at radius 1 is 0.911 bits per heavy atom. The van der Waals surface area contributed by atoms with Gasteiger partial charge < -0.3 is 38.7 Å². The SMILES string of the molecule is CCCOCCOC(=O)C(C)(CC(CC(C)(COS(=O)(=O)NO)C(=O)O)C(=O)OCC)CC(C)(C)C(=O)OCCOC(C)COCCC1=CCC2CC1C2(C)C. The van der Waals surface area contributed by atoms with Gasteiger partial charge in [0.15, 0.2) is 0 Å². The summed E-state index contributed by atoms with van der Waals surface area (Å²) < 4.78 is 61.7. The summed E-state index contributed by atoms with van der Waals surface area (Å²) in [6.45, 7) is 16.3. The molecule has 6 atom stereocenters. The van der Waals surface area contributed by atoms with Crippen LogP contribution in [0.3, 0.4) is 0 Å². The quantitative estimate of drug-likeness (QED) is 0.0297. The molecule has 6 unspecified atom stereocenters. The maximum absolute atomic E-state index is 13.8. The number of hydrogen-bond donors (Lipinski definition) is 3. The van der Waals surface area contributed by atoms with Crippen LogP contribution in [-0.2, 0) is 62.1 Å². The topological polar surface area (TPSA) is 220 Å². The fourth-order valence-electron chi connectivity index (χ4n) is 7.74. The molecule has 0 amide bonds. The molecule has 3 N–H and O–H groups in total. The molecule has 0 heterocycles. The molecule has 0 spiro atoms. The summed E-state index contributed by atoms with van der Waals surface area (Å²) >= 11 is 0. The first kappa shape index (κ1) is 49.5. The number of fused-ring (bicyclic) bond motifs is 1. The molecule has 1 fully saturated rings. The van der Waals surface area contributed by atoms with E-state index in [1.807, 2.05) is 13.8 Å². The predicted molar refractivity (Wildman–Crippen MR) is 203 cm³/mol. The van der Waals surface area contributed by atoms with Crippen LogP contribution >= 0.6 is 0 Å². The predicted octanol–water partition coefficient (Wildman–Crippen LogP) is 5.02. The monoisotopic (exact) mass is 821 g/mol. The number of esters is 3. The van der Waals surface area contributed by atoms with Gasteiger partial charge in [0.05, 0.1) is 67.9 Å². The smallest absolute Gasteiger partial charge is 0.358 e. The van der Waals surface area contributed by atoms with Gasteiger partial charge >= 0.3 is 34.2 Å². The first-order valence-corrected chi connectivity index (χ1v) is 21.0. The van der Waals surface area contributed by atoms with Crippen LogP contribution in [-0.4, -0.2) is 108 Å². The zero-order valence-electron chi connectivity index (χ0n) is 34.8. The van der Waals surface area contributed by atoms with Crippen molar-refractivity contribution in [3.63, 3.8) is 0 Å². The van der Waals surface area contributed by atoms with Crippen molar-refractivity contribution in [3.05, 3.63) is 11.6 Å². The summed E-state index contributed by atoms with van der Waals surface area (Å²) in [6.07, 6.45) is 5.12. The second kappa shape index (κ2) is 21.9. The van der Waals surface area contributed by atoms with Crippen LogP contribution in [0.1, 0.15) is 107 Å². The molecule has 3 aliphatic carbocycles. The summed E-state index contributed by atoms with van der Waals surface area (Å²) in [7, 11) is -4.71. The molecule has 3 aliphatic rings. The fourth-order valence-corrected chi connectivity index (χ4v) is 8.21. The number of aliphatic carboxylic acids is 1. The van der Waals surface area contributed by atoms with Crippen LogP contribution in [0.4, 0.5) is 0 Å². The third-order valence-corrected chi connectivity index (χ3v) is 11.7. The zero-order valence-corrected chi connectivity index (χ0v) is 35.6. The molecule has 3 rings (SSSR count). The van der Waals surface area contributed by atoms with Crippen molar-refractivity contribution in [2.45, 2.75) is 113 Å². The Morgan fingerprint density at radius 2 is 1.55 bits per heavy atom. The van der Waals surface area contributed by atoms with E-state index >= 15 is 0 Å². The molecular formula is C39H67NO15S. The number of ether oxygens (including phenoxy) is 6. The second-order valence-corrected chi connectivity index (χ2v) is 18.2. The van der Waals surface area contributed by atoms with Crippen molar-refractivity contribution in [2.24, 2.45) is 39.4 Å². The highest BCUT2D eigenvalue weighted by atomic mass is 32.2. The standard InChI is InChI=1S/C39H67NO15S/c1-10-15-49-17-18-54-35(45)38(8,22-29(32(41)51-11-2)23-39(9,33(42)43)26-55-56(47,48)40-46)25-36(4,5)34(44)53-20-19-52-27(3)24-50-16-14-28-12-13-30-21-31(28)37(30,6)7/h12,27,29-31,40,46H,10-11,13-26H2,1-9H3,(H,42,43). The first-order chi connectivity index (χ1) is 26.1. The van der Waals surface area contributed by atoms with Crippen LogP contribution in [0.15, 0.2) is 11.6 Å². The van der Waals surface area contributed by atoms with Gasteiger partial charge in [-0.3, -0.25) is 23.4 Å². The van der Waals surface area contributed by atoms with E-state index in [1.54, 1.807) is 20.8 Å². The van der Waals surface area contributed by atoms with Crippen molar-refractivity contribution < 1.29 is 70.5 Å².